The monoisotopic (exact) mass is 541 g/mol. The Hall–Kier alpha value is -4.76. The maximum atomic E-state index is 13.7. The van der Waals surface area contributed by atoms with E-state index < -0.39 is 6.04 Å². The number of nitrogens with one attached hydrogen (secondary N) is 2. The lowest BCUT2D eigenvalue weighted by molar-refractivity contribution is 0.0918. The number of amides is 1. The molecule has 5 rings (SSSR count). The number of nitrogens with zero attached hydrogens (tertiary/aromatic N) is 1. The number of carbonyl (C=O) groups excluding carboxylic acids is 1. The highest BCUT2D eigenvalue weighted by Gasteiger charge is 2.21. The molecule has 3 aromatic carbocycles. The summed E-state index contributed by atoms with van der Waals surface area (Å²) < 4.78 is 21.9. The van der Waals surface area contributed by atoms with Crippen molar-refractivity contribution in [2.45, 2.75) is 12.5 Å². The molecule has 0 radical (unpaired) electrons. The Labute approximate surface area is 231 Å². The third-order valence-corrected chi connectivity index (χ3v) is 6.92. The number of carbonyl (C=O) groups is 1. The average Bonchev–Trinajstić information content (AvgIpc) is 3.40. The molecule has 0 unspecified atom stereocenters. The van der Waals surface area contributed by atoms with E-state index in [0.29, 0.717) is 51.4 Å². The van der Waals surface area contributed by atoms with Crippen molar-refractivity contribution in [2.75, 3.05) is 35.0 Å². The molecule has 40 heavy (non-hydrogen) atoms. The van der Waals surface area contributed by atoms with Crippen LogP contribution >= 0.6 is 0 Å². The number of H-pyrrole nitrogens is 1. The molecule has 0 fully saturated rings. The van der Waals surface area contributed by atoms with Crippen LogP contribution in [0, 0.1) is 0 Å². The summed E-state index contributed by atoms with van der Waals surface area (Å²) in [6.07, 6.45) is 2.32. The number of fused-ring (bicyclic) bond motifs is 2. The van der Waals surface area contributed by atoms with E-state index in [-0.39, 0.29) is 12.5 Å². The molecule has 5 aromatic rings. The minimum absolute atomic E-state index is 0.231. The standard InChI is InChI=1S/C31H31N3O6/c1-37-21-9-10-25-23(14-21)19(16-32-25)11-20(17-35)33-31(36)24-15-27(34-26-8-6-5-7-22(24)26)18-12-28(38-2)30(40-4)29(13-18)39-3/h5-10,12-16,20,32,35H,11,17H2,1-4H3,(H,33,36)/t20-/m0/s1. The van der Waals surface area contributed by atoms with Gasteiger partial charge in [0.15, 0.2) is 11.5 Å². The molecule has 1 amide bonds. The normalized spacial score (nSPS) is 11.8. The topological polar surface area (TPSA) is 115 Å². The summed E-state index contributed by atoms with van der Waals surface area (Å²) in [6.45, 7) is -0.231. The molecular weight excluding hydrogens is 510 g/mol. The maximum Gasteiger partial charge on any atom is 0.252 e. The Morgan fingerprint density at radius 1 is 0.925 bits per heavy atom. The number of aromatic amines is 1. The lowest BCUT2D eigenvalue weighted by Crippen LogP contribution is -2.39. The SMILES string of the molecule is COc1ccc2[nH]cc(C[C@@H](CO)NC(=O)c3cc(-c4cc(OC)c(OC)c(OC)c4)nc4ccccc34)c2c1. The number of para-hydroxylation sites is 1. The summed E-state index contributed by atoms with van der Waals surface area (Å²) in [7, 11) is 6.26. The van der Waals surface area contributed by atoms with Crippen molar-refractivity contribution >= 4 is 27.7 Å². The Bertz CT molecular complexity index is 1650. The molecule has 206 valence electrons. The summed E-state index contributed by atoms with van der Waals surface area (Å²) in [6, 6.07) is 18.0. The summed E-state index contributed by atoms with van der Waals surface area (Å²) in [5, 5.41) is 14.9. The van der Waals surface area contributed by atoms with E-state index >= 15 is 0 Å². The van der Waals surface area contributed by atoms with Crippen LogP contribution in [0.3, 0.4) is 0 Å². The molecule has 9 heteroatoms. The molecular formula is C31H31N3O6. The second-order valence-electron chi connectivity index (χ2n) is 9.27. The summed E-state index contributed by atoms with van der Waals surface area (Å²) in [4.78, 5) is 21.8. The van der Waals surface area contributed by atoms with E-state index in [4.69, 9.17) is 23.9 Å². The van der Waals surface area contributed by atoms with Gasteiger partial charge in [-0.3, -0.25) is 4.79 Å². The van der Waals surface area contributed by atoms with Crippen molar-refractivity contribution in [3.8, 4) is 34.3 Å². The van der Waals surface area contributed by atoms with E-state index in [9.17, 15) is 9.90 Å². The minimum Gasteiger partial charge on any atom is -0.497 e. The molecule has 3 N–H and O–H groups in total. The van der Waals surface area contributed by atoms with Crippen molar-refractivity contribution in [3.63, 3.8) is 0 Å². The number of ether oxygens (including phenoxy) is 4. The number of methoxy groups -OCH3 is 4. The molecule has 0 spiro atoms. The van der Waals surface area contributed by atoms with Crippen molar-refractivity contribution < 1.29 is 28.8 Å². The fourth-order valence-electron chi connectivity index (χ4n) is 4.88. The van der Waals surface area contributed by atoms with Gasteiger partial charge in [-0.05, 0) is 54.4 Å². The number of hydrogen-bond donors (Lipinski definition) is 3. The first-order chi connectivity index (χ1) is 19.5. The van der Waals surface area contributed by atoms with E-state index in [1.165, 1.54) is 0 Å². The fourth-order valence-corrected chi connectivity index (χ4v) is 4.88. The van der Waals surface area contributed by atoms with Crippen LogP contribution < -0.4 is 24.3 Å². The van der Waals surface area contributed by atoms with Gasteiger partial charge in [-0.15, -0.1) is 0 Å². The molecule has 0 bridgehead atoms. The molecule has 0 saturated carbocycles. The van der Waals surface area contributed by atoms with Crippen LogP contribution in [-0.4, -0.2) is 62.1 Å². The van der Waals surface area contributed by atoms with E-state index in [1.807, 2.05) is 48.7 Å². The molecule has 2 heterocycles. The van der Waals surface area contributed by atoms with E-state index in [0.717, 1.165) is 22.2 Å². The van der Waals surface area contributed by atoms with Gasteiger partial charge < -0.3 is 34.4 Å². The molecule has 1 atom stereocenters. The van der Waals surface area contributed by atoms with Crippen LogP contribution in [0.2, 0.25) is 0 Å². The first kappa shape index (κ1) is 26.8. The minimum atomic E-state index is -0.519. The highest BCUT2D eigenvalue weighted by Crippen LogP contribution is 2.41. The second kappa shape index (κ2) is 11.5. The third-order valence-electron chi connectivity index (χ3n) is 6.92. The predicted octanol–water partition coefficient (Wildman–Crippen LogP) is 4.75. The summed E-state index contributed by atoms with van der Waals surface area (Å²) in [5.41, 5.74) is 4.27. The second-order valence-corrected chi connectivity index (χ2v) is 9.27. The highest BCUT2D eigenvalue weighted by atomic mass is 16.5. The van der Waals surface area contributed by atoms with E-state index in [1.54, 1.807) is 46.6 Å². The molecule has 2 aromatic heterocycles. The number of rotatable bonds is 10. The summed E-state index contributed by atoms with van der Waals surface area (Å²) >= 11 is 0. The van der Waals surface area contributed by atoms with E-state index in [2.05, 4.69) is 10.3 Å². The molecule has 0 aliphatic heterocycles. The largest absolute Gasteiger partial charge is 0.497 e. The van der Waals surface area contributed by atoms with Gasteiger partial charge >= 0.3 is 0 Å². The summed E-state index contributed by atoms with van der Waals surface area (Å²) in [5.74, 6) is 1.85. The van der Waals surface area contributed by atoms with Crippen LogP contribution in [0.4, 0.5) is 0 Å². The number of aliphatic hydroxyl groups excluding tert-OH is 1. The van der Waals surface area contributed by atoms with Gasteiger partial charge in [0.1, 0.15) is 5.75 Å². The number of hydrogen-bond acceptors (Lipinski definition) is 7. The Morgan fingerprint density at radius 3 is 2.35 bits per heavy atom. The van der Waals surface area contributed by atoms with Crippen LogP contribution in [-0.2, 0) is 6.42 Å². The van der Waals surface area contributed by atoms with Crippen molar-refractivity contribution in [1.82, 2.24) is 15.3 Å². The Balaban J connectivity index is 1.50. The van der Waals surface area contributed by atoms with Crippen LogP contribution in [0.15, 0.2) is 66.9 Å². The van der Waals surface area contributed by atoms with Gasteiger partial charge in [0.05, 0.1) is 57.9 Å². The molecule has 9 nitrogen and oxygen atoms in total. The van der Waals surface area contributed by atoms with Crippen LogP contribution in [0.25, 0.3) is 33.1 Å². The quantitative estimate of drug-likeness (QED) is 0.234. The van der Waals surface area contributed by atoms with Gasteiger partial charge in [-0.2, -0.15) is 0 Å². The Kier molecular flexibility index (Phi) is 7.75. The first-order valence-corrected chi connectivity index (χ1v) is 12.8. The van der Waals surface area contributed by atoms with Crippen molar-refractivity contribution in [3.05, 3.63) is 78.0 Å². The zero-order valence-corrected chi connectivity index (χ0v) is 22.8. The highest BCUT2D eigenvalue weighted by molar-refractivity contribution is 6.07. The third kappa shape index (κ3) is 5.11. The van der Waals surface area contributed by atoms with Gasteiger partial charge in [0.25, 0.3) is 5.91 Å². The fraction of sp³-hybridized carbons (Fsp3) is 0.226. The number of aliphatic hydroxyl groups is 1. The van der Waals surface area contributed by atoms with Gasteiger partial charge in [-0.25, -0.2) is 4.98 Å². The Morgan fingerprint density at radius 2 is 1.68 bits per heavy atom. The zero-order chi connectivity index (χ0) is 28.2. The van der Waals surface area contributed by atoms with Gasteiger partial charge in [0, 0.05) is 28.0 Å². The number of pyridine rings is 1. The number of aromatic nitrogens is 2. The van der Waals surface area contributed by atoms with Gasteiger partial charge in [-0.1, -0.05) is 18.2 Å². The smallest absolute Gasteiger partial charge is 0.252 e. The average molecular weight is 542 g/mol. The zero-order valence-electron chi connectivity index (χ0n) is 22.8. The first-order valence-electron chi connectivity index (χ1n) is 12.8. The van der Waals surface area contributed by atoms with Crippen molar-refractivity contribution in [1.29, 1.82) is 0 Å². The lowest BCUT2D eigenvalue weighted by Gasteiger charge is -2.18. The predicted molar refractivity (Wildman–Crippen MR) is 154 cm³/mol. The molecule has 0 saturated heterocycles. The molecule has 0 aliphatic rings. The maximum absolute atomic E-state index is 13.7. The van der Waals surface area contributed by atoms with Crippen molar-refractivity contribution in [2.24, 2.45) is 0 Å². The van der Waals surface area contributed by atoms with Crippen LogP contribution in [0.1, 0.15) is 15.9 Å². The van der Waals surface area contributed by atoms with Crippen LogP contribution in [0.5, 0.6) is 23.0 Å². The lowest BCUT2D eigenvalue weighted by atomic mass is 10.0. The van der Waals surface area contributed by atoms with Gasteiger partial charge in [0.2, 0.25) is 5.75 Å². The molecule has 0 aliphatic carbocycles. The number of benzene rings is 3.